The largest absolute Gasteiger partial charge is 0.459 e. The van der Waals surface area contributed by atoms with Gasteiger partial charge in [-0.2, -0.15) is 5.10 Å². The zero-order chi connectivity index (χ0) is 25.2. The van der Waals surface area contributed by atoms with Crippen LogP contribution in [0.25, 0.3) is 11.0 Å². The average molecular weight is 507 g/mol. The third kappa shape index (κ3) is 4.93. The normalized spacial score (nSPS) is 19.4. The smallest absolute Gasteiger partial charge is 0.338 e. The van der Waals surface area contributed by atoms with Crippen molar-refractivity contribution in [2.24, 2.45) is 0 Å². The van der Waals surface area contributed by atoms with Crippen LogP contribution in [0.15, 0.2) is 61.1 Å². The lowest BCUT2D eigenvalue weighted by atomic mass is 10.1. The molecule has 0 unspecified atom stereocenters. The van der Waals surface area contributed by atoms with Crippen molar-refractivity contribution in [3.8, 4) is 0 Å². The van der Waals surface area contributed by atoms with Gasteiger partial charge in [0.2, 0.25) is 0 Å². The Morgan fingerprint density at radius 3 is 2.31 bits per heavy atom. The number of nitrogens with zero attached hydrogens (tertiary/aromatic N) is 4. The molecular weight excluding hydrogens is 484 g/mol. The topological polar surface area (TPSA) is 105 Å². The van der Waals surface area contributed by atoms with E-state index in [9.17, 15) is 9.59 Å². The van der Waals surface area contributed by atoms with Crippen molar-refractivity contribution in [2.75, 3.05) is 6.61 Å². The maximum atomic E-state index is 12.9. The number of carbonyl (C=O) groups is 2. The van der Waals surface area contributed by atoms with Gasteiger partial charge in [-0.25, -0.2) is 24.2 Å². The second-order valence-electron chi connectivity index (χ2n) is 8.63. The lowest BCUT2D eigenvalue weighted by Crippen LogP contribution is -2.32. The molecule has 0 aliphatic carbocycles. The van der Waals surface area contributed by atoms with E-state index >= 15 is 0 Å². The van der Waals surface area contributed by atoms with Gasteiger partial charge in [0.15, 0.2) is 11.9 Å². The van der Waals surface area contributed by atoms with E-state index in [4.69, 9.17) is 25.8 Å². The number of halogens is 1. The highest BCUT2D eigenvalue weighted by molar-refractivity contribution is 6.33. The first-order valence-corrected chi connectivity index (χ1v) is 11.8. The molecule has 9 nitrogen and oxygen atoms in total. The van der Waals surface area contributed by atoms with E-state index in [1.807, 2.05) is 38.1 Å². The monoisotopic (exact) mass is 506 g/mol. The lowest BCUT2D eigenvalue weighted by Gasteiger charge is -2.19. The number of hydrogen-bond donors (Lipinski definition) is 0. The fourth-order valence-electron chi connectivity index (χ4n) is 3.99. The van der Waals surface area contributed by atoms with E-state index in [2.05, 4.69) is 15.1 Å². The van der Waals surface area contributed by atoms with Gasteiger partial charge in [-0.05, 0) is 38.1 Å². The molecule has 10 heteroatoms. The van der Waals surface area contributed by atoms with Crippen LogP contribution in [0.4, 0.5) is 0 Å². The molecule has 0 saturated carbocycles. The number of aryl methyl sites for hydroxylation is 2. The molecular formula is C26H23ClN4O5. The van der Waals surface area contributed by atoms with Crippen LogP contribution in [0, 0.1) is 13.8 Å². The number of rotatable bonds is 6. The Morgan fingerprint density at radius 1 is 1.00 bits per heavy atom. The van der Waals surface area contributed by atoms with Gasteiger partial charge in [0.1, 0.15) is 30.3 Å². The summed E-state index contributed by atoms with van der Waals surface area (Å²) >= 11 is 6.16. The van der Waals surface area contributed by atoms with Crippen LogP contribution in [-0.4, -0.2) is 50.5 Å². The molecule has 0 amide bonds. The Labute approximate surface area is 212 Å². The van der Waals surface area contributed by atoms with E-state index < -0.39 is 30.4 Å². The second kappa shape index (κ2) is 10.0. The van der Waals surface area contributed by atoms with Crippen molar-refractivity contribution in [1.29, 1.82) is 0 Å². The van der Waals surface area contributed by atoms with Crippen molar-refractivity contribution >= 4 is 34.6 Å². The molecule has 5 rings (SSSR count). The Hall–Kier alpha value is -3.82. The molecule has 0 N–H and O–H groups in total. The van der Waals surface area contributed by atoms with Gasteiger partial charge >= 0.3 is 11.9 Å². The zero-order valence-corrected chi connectivity index (χ0v) is 20.4. The predicted molar refractivity (Wildman–Crippen MR) is 131 cm³/mol. The lowest BCUT2D eigenvalue weighted by molar-refractivity contribution is -0.0590. The minimum atomic E-state index is -0.713. The molecule has 1 saturated heterocycles. The van der Waals surface area contributed by atoms with Gasteiger partial charge in [0, 0.05) is 6.42 Å². The summed E-state index contributed by atoms with van der Waals surface area (Å²) in [6, 6.07) is 14.2. The van der Waals surface area contributed by atoms with Crippen molar-refractivity contribution < 1.29 is 23.8 Å². The van der Waals surface area contributed by atoms with E-state index in [0.717, 1.165) is 11.1 Å². The molecule has 0 bridgehead atoms. The van der Waals surface area contributed by atoms with E-state index in [-0.39, 0.29) is 18.2 Å². The van der Waals surface area contributed by atoms with Crippen LogP contribution < -0.4 is 0 Å². The summed E-state index contributed by atoms with van der Waals surface area (Å²) in [5, 5.41) is 5.21. The van der Waals surface area contributed by atoms with Crippen molar-refractivity contribution in [3.05, 3.63) is 88.5 Å². The maximum Gasteiger partial charge on any atom is 0.338 e. The molecule has 36 heavy (non-hydrogen) atoms. The highest BCUT2D eigenvalue weighted by Gasteiger charge is 2.41. The molecule has 1 fully saturated rings. The summed E-state index contributed by atoms with van der Waals surface area (Å²) in [4.78, 5) is 33.7. The number of carbonyl (C=O) groups excluding carboxylic acids is 2. The quantitative estimate of drug-likeness (QED) is 0.278. The molecule has 2 aromatic carbocycles. The predicted octanol–water partition coefficient (Wildman–Crippen LogP) is 4.47. The van der Waals surface area contributed by atoms with Gasteiger partial charge in [0.25, 0.3) is 0 Å². The number of fused-ring (bicyclic) bond motifs is 1. The Bertz CT molecular complexity index is 1400. The molecule has 1 aliphatic rings. The van der Waals surface area contributed by atoms with Crippen LogP contribution in [0.3, 0.4) is 0 Å². The molecule has 184 valence electrons. The van der Waals surface area contributed by atoms with Crippen molar-refractivity contribution in [2.45, 2.75) is 38.7 Å². The van der Waals surface area contributed by atoms with Gasteiger partial charge < -0.3 is 14.2 Å². The Morgan fingerprint density at radius 2 is 1.64 bits per heavy atom. The average Bonchev–Trinajstić information content (AvgIpc) is 3.48. The summed E-state index contributed by atoms with van der Waals surface area (Å²) in [5.74, 6) is -0.982. The third-order valence-electron chi connectivity index (χ3n) is 6.01. The highest BCUT2D eigenvalue weighted by Crippen LogP contribution is 2.34. The Kier molecular flexibility index (Phi) is 6.67. The Balaban J connectivity index is 1.36. The zero-order valence-electron chi connectivity index (χ0n) is 19.6. The SMILES string of the molecule is Cc1ccc(C(=O)OC[C@H]2O[C@@H](n3ncc4c(Cl)ncnc43)C[C@@H]2OC(=O)c2ccc(C)cc2)cc1. The summed E-state index contributed by atoms with van der Waals surface area (Å²) in [6.07, 6.45) is 1.16. The molecule has 3 heterocycles. The van der Waals surface area contributed by atoms with Crippen LogP contribution in [0.5, 0.6) is 0 Å². The number of aromatic nitrogens is 4. The van der Waals surface area contributed by atoms with Crippen LogP contribution in [-0.2, 0) is 14.2 Å². The third-order valence-corrected chi connectivity index (χ3v) is 6.31. The number of benzene rings is 2. The van der Waals surface area contributed by atoms with Crippen molar-refractivity contribution in [1.82, 2.24) is 19.7 Å². The van der Waals surface area contributed by atoms with E-state index in [1.165, 1.54) is 6.33 Å². The highest BCUT2D eigenvalue weighted by atomic mass is 35.5. The number of hydrogen-bond acceptors (Lipinski definition) is 8. The van der Waals surface area contributed by atoms with Crippen LogP contribution in [0.1, 0.15) is 44.5 Å². The first-order valence-electron chi connectivity index (χ1n) is 11.4. The molecule has 0 radical (unpaired) electrons. The van der Waals surface area contributed by atoms with E-state index in [0.29, 0.717) is 22.2 Å². The first kappa shape index (κ1) is 23.9. The summed E-state index contributed by atoms with van der Waals surface area (Å²) < 4.78 is 19.1. The minimum absolute atomic E-state index is 0.107. The maximum absolute atomic E-state index is 12.9. The molecule has 2 aromatic heterocycles. The summed E-state index contributed by atoms with van der Waals surface area (Å²) in [7, 11) is 0. The molecule has 1 aliphatic heterocycles. The number of esters is 2. The molecule has 0 spiro atoms. The first-order chi connectivity index (χ1) is 17.4. The van der Waals surface area contributed by atoms with E-state index in [1.54, 1.807) is 35.1 Å². The van der Waals surface area contributed by atoms with Crippen LogP contribution >= 0.6 is 11.6 Å². The summed E-state index contributed by atoms with van der Waals surface area (Å²) in [5.41, 5.74) is 3.40. The van der Waals surface area contributed by atoms with Gasteiger partial charge in [-0.15, -0.1) is 0 Å². The standard InChI is InChI=1S/C26H23ClN4O5/c1-15-3-7-17(8-4-15)25(32)34-13-21-20(36-26(33)18-9-5-16(2)6-10-18)11-22(35-21)31-24-19(12-30-31)23(27)28-14-29-24/h3-10,12,14,20-22H,11,13H2,1-2H3/t20-,21+,22+/m0/s1. The minimum Gasteiger partial charge on any atom is -0.459 e. The fourth-order valence-corrected chi connectivity index (χ4v) is 4.17. The second-order valence-corrected chi connectivity index (χ2v) is 8.99. The number of ether oxygens (including phenoxy) is 3. The van der Waals surface area contributed by atoms with Gasteiger partial charge in [-0.1, -0.05) is 47.0 Å². The van der Waals surface area contributed by atoms with Crippen molar-refractivity contribution in [3.63, 3.8) is 0 Å². The van der Waals surface area contributed by atoms with Gasteiger partial charge in [-0.3, -0.25) is 0 Å². The molecule has 3 atom stereocenters. The van der Waals surface area contributed by atoms with Crippen LogP contribution in [0.2, 0.25) is 5.15 Å². The fraction of sp³-hybridized carbons (Fsp3) is 0.269. The molecule has 4 aromatic rings. The summed E-state index contributed by atoms with van der Waals surface area (Å²) in [6.45, 7) is 3.77. The van der Waals surface area contributed by atoms with Gasteiger partial charge in [0.05, 0.1) is 22.7 Å².